The Morgan fingerprint density at radius 3 is 2.36 bits per heavy atom. The van der Waals surface area contributed by atoms with Crippen LogP contribution < -0.4 is 5.32 Å². The second-order valence-electron chi connectivity index (χ2n) is 5.82. The first-order valence-corrected chi connectivity index (χ1v) is 10.1. The van der Waals surface area contributed by atoms with E-state index < -0.39 is 15.9 Å². The van der Waals surface area contributed by atoms with Gasteiger partial charge in [-0.3, -0.25) is 4.79 Å². The number of sulfonamides is 1. The van der Waals surface area contributed by atoms with Gasteiger partial charge in [0.2, 0.25) is 0 Å². The van der Waals surface area contributed by atoms with Crippen LogP contribution in [0.2, 0.25) is 0 Å². The molecule has 0 radical (unpaired) electrons. The maximum atomic E-state index is 12.5. The van der Waals surface area contributed by atoms with Crippen LogP contribution in [-0.4, -0.2) is 48.0 Å². The number of hydrogen-bond donors (Lipinski definition) is 3. The SMILES string of the molecule is O=C(NC1CCN(S(=O)(=O)c2cccs2)CC1)c1cc(O)cc(O)c1. The quantitative estimate of drug-likeness (QED) is 0.747. The zero-order valence-electron chi connectivity index (χ0n) is 13.3. The normalized spacial score (nSPS) is 16.6. The molecule has 0 atom stereocenters. The third kappa shape index (κ3) is 3.94. The van der Waals surface area contributed by atoms with Crippen LogP contribution in [-0.2, 0) is 10.0 Å². The first kappa shape index (κ1) is 17.7. The number of rotatable bonds is 4. The highest BCUT2D eigenvalue weighted by Crippen LogP contribution is 2.25. The fourth-order valence-corrected chi connectivity index (χ4v) is 5.39. The lowest BCUT2D eigenvalue weighted by Gasteiger charge is -2.31. The lowest BCUT2D eigenvalue weighted by atomic mass is 10.1. The summed E-state index contributed by atoms with van der Waals surface area (Å²) in [6, 6.07) is 6.81. The van der Waals surface area contributed by atoms with Crippen LogP contribution in [0.25, 0.3) is 0 Å². The van der Waals surface area contributed by atoms with Crippen LogP contribution >= 0.6 is 11.3 Å². The minimum Gasteiger partial charge on any atom is -0.508 e. The minimum absolute atomic E-state index is 0.158. The largest absolute Gasteiger partial charge is 0.508 e. The van der Waals surface area contributed by atoms with E-state index in [1.165, 1.54) is 27.8 Å². The topological polar surface area (TPSA) is 107 Å². The van der Waals surface area contributed by atoms with Crippen molar-refractivity contribution in [3.8, 4) is 11.5 Å². The number of hydrogen-bond acceptors (Lipinski definition) is 6. The van der Waals surface area contributed by atoms with E-state index in [1.807, 2.05) is 0 Å². The number of phenols is 2. The molecule has 25 heavy (non-hydrogen) atoms. The maximum absolute atomic E-state index is 12.5. The number of nitrogens with zero attached hydrogens (tertiary/aromatic N) is 1. The van der Waals surface area contributed by atoms with Crippen molar-refractivity contribution in [3.05, 3.63) is 41.3 Å². The van der Waals surface area contributed by atoms with Crippen LogP contribution in [0.15, 0.2) is 39.9 Å². The fraction of sp³-hybridized carbons (Fsp3) is 0.312. The van der Waals surface area contributed by atoms with Crippen molar-refractivity contribution >= 4 is 27.3 Å². The highest BCUT2D eigenvalue weighted by Gasteiger charge is 2.30. The second kappa shape index (κ2) is 7.03. The molecule has 3 rings (SSSR count). The summed E-state index contributed by atoms with van der Waals surface area (Å²) in [6.45, 7) is 0.660. The Labute approximate surface area is 149 Å². The predicted molar refractivity (Wildman–Crippen MR) is 93.3 cm³/mol. The molecule has 1 fully saturated rings. The summed E-state index contributed by atoms with van der Waals surface area (Å²) in [5.41, 5.74) is 0.158. The van der Waals surface area contributed by atoms with Crippen LogP contribution in [0.1, 0.15) is 23.2 Å². The first-order chi connectivity index (χ1) is 11.9. The van der Waals surface area contributed by atoms with E-state index in [4.69, 9.17) is 0 Å². The molecule has 0 bridgehead atoms. The molecule has 0 spiro atoms. The molecule has 1 amide bonds. The lowest BCUT2D eigenvalue weighted by Crippen LogP contribution is -2.46. The van der Waals surface area contributed by atoms with Crippen molar-refractivity contribution in [3.63, 3.8) is 0 Å². The summed E-state index contributed by atoms with van der Waals surface area (Å²) >= 11 is 1.19. The van der Waals surface area contributed by atoms with E-state index >= 15 is 0 Å². The molecule has 2 heterocycles. The van der Waals surface area contributed by atoms with Gasteiger partial charge in [-0.05, 0) is 36.4 Å². The van der Waals surface area contributed by atoms with Crippen LogP contribution in [0.4, 0.5) is 0 Å². The molecule has 0 unspecified atom stereocenters. The summed E-state index contributed by atoms with van der Waals surface area (Å²) in [7, 11) is -3.46. The van der Waals surface area contributed by atoms with Gasteiger partial charge in [-0.25, -0.2) is 8.42 Å². The van der Waals surface area contributed by atoms with Gasteiger partial charge in [0, 0.05) is 30.8 Å². The number of thiophene rings is 1. The lowest BCUT2D eigenvalue weighted by molar-refractivity contribution is 0.0923. The van der Waals surface area contributed by atoms with Gasteiger partial charge in [0.1, 0.15) is 15.7 Å². The first-order valence-electron chi connectivity index (χ1n) is 7.74. The average Bonchev–Trinajstić information content (AvgIpc) is 3.09. The Balaban J connectivity index is 1.60. The molecule has 1 aromatic carbocycles. The highest BCUT2D eigenvalue weighted by atomic mass is 32.2. The number of piperidine rings is 1. The third-order valence-electron chi connectivity index (χ3n) is 4.04. The van der Waals surface area contributed by atoms with E-state index in [-0.39, 0.29) is 23.1 Å². The Morgan fingerprint density at radius 1 is 1.16 bits per heavy atom. The molecule has 0 saturated carbocycles. The summed E-state index contributed by atoms with van der Waals surface area (Å²) in [5.74, 6) is -0.796. The molecular formula is C16H18N2O5S2. The van der Waals surface area contributed by atoms with Crippen molar-refractivity contribution < 1.29 is 23.4 Å². The van der Waals surface area contributed by atoms with Crippen molar-refractivity contribution in [2.24, 2.45) is 0 Å². The van der Waals surface area contributed by atoms with Crippen molar-refractivity contribution in [1.82, 2.24) is 9.62 Å². The Kier molecular flexibility index (Phi) is 4.98. The van der Waals surface area contributed by atoms with E-state index in [1.54, 1.807) is 17.5 Å². The summed E-state index contributed by atoms with van der Waals surface area (Å²) < 4.78 is 26.7. The van der Waals surface area contributed by atoms with Gasteiger partial charge in [0.05, 0.1) is 0 Å². The third-order valence-corrected chi connectivity index (χ3v) is 7.31. The van der Waals surface area contributed by atoms with Gasteiger partial charge in [-0.2, -0.15) is 4.31 Å². The zero-order chi connectivity index (χ0) is 18.0. The predicted octanol–water partition coefficient (Wildman–Crippen LogP) is 1.74. The van der Waals surface area contributed by atoms with Gasteiger partial charge in [0.25, 0.3) is 15.9 Å². The molecule has 2 aromatic rings. The molecule has 1 aromatic heterocycles. The number of benzene rings is 1. The monoisotopic (exact) mass is 382 g/mol. The molecule has 9 heteroatoms. The summed E-state index contributed by atoms with van der Waals surface area (Å²) in [6.07, 6.45) is 1.00. The molecule has 0 aliphatic carbocycles. The van der Waals surface area contributed by atoms with Crippen molar-refractivity contribution in [2.75, 3.05) is 13.1 Å². The number of carbonyl (C=O) groups is 1. The van der Waals surface area contributed by atoms with Gasteiger partial charge < -0.3 is 15.5 Å². The van der Waals surface area contributed by atoms with Gasteiger partial charge in [-0.15, -0.1) is 11.3 Å². The number of aromatic hydroxyl groups is 2. The minimum atomic E-state index is -3.46. The second-order valence-corrected chi connectivity index (χ2v) is 8.93. The van der Waals surface area contributed by atoms with Crippen LogP contribution in [0.3, 0.4) is 0 Å². The molecule has 1 aliphatic heterocycles. The van der Waals surface area contributed by atoms with E-state index in [0.29, 0.717) is 30.1 Å². The van der Waals surface area contributed by atoms with Gasteiger partial charge >= 0.3 is 0 Å². The van der Waals surface area contributed by atoms with Gasteiger partial charge in [-0.1, -0.05) is 6.07 Å². The van der Waals surface area contributed by atoms with Crippen molar-refractivity contribution in [2.45, 2.75) is 23.1 Å². The fourth-order valence-electron chi connectivity index (χ4n) is 2.77. The Bertz CT molecular complexity index is 836. The molecule has 1 aliphatic rings. The smallest absolute Gasteiger partial charge is 0.252 e. The van der Waals surface area contributed by atoms with E-state index in [0.717, 1.165) is 6.07 Å². The number of phenolic OH excluding ortho intramolecular Hbond substituents is 2. The molecule has 134 valence electrons. The Hall–Kier alpha value is -2.10. The standard InChI is InChI=1S/C16H18N2O5S2/c19-13-8-11(9-14(20)10-13)16(21)17-12-3-5-18(6-4-12)25(22,23)15-2-1-7-24-15/h1-2,7-10,12,19-20H,3-6H2,(H,17,21). The highest BCUT2D eigenvalue weighted by molar-refractivity contribution is 7.91. The molecule has 7 nitrogen and oxygen atoms in total. The van der Waals surface area contributed by atoms with Crippen LogP contribution in [0.5, 0.6) is 11.5 Å². The molecule has 1 saturated heterocycles. The number of nitrogens with one attached hydrogen (secondary N) is 1. The zero-order valence-corrected chi connectivity index (χ0v) is 14.9. The molecule has 3 N–H and O–H groups in total. The van der Waals surface area contributed by atoms with E-state index in [2.05, 4.69) is 5.32 Å². The van der Waals surface area contributed by atoms with E-state index in [9.17, 15) is 23.4 Å². The summed E-state index contributed by atoms with van der Waals surface area (Å²) in [5, 5.41) is 23.4. The average molecular weight is 382 g/mol. The number of carbonyl (C=O) groups excluding carboxylic acids is 1. The molecular weight excluding hydrogens is 364 g/mol. The number of amides is 1. The Morgan fingerprint density at radius 2 is 1.80 bits per heavy atom. The van der Waals surface area contributed by atoms with Crippen molar-refractivity contribution in [1.29, 1.82) is 0 Å². The van der Waals surface area contributed by atoms with Gasteiger partial charge in [0.15, 0.2) is 0 Å². The maximum Gasteiger partial charge on any atom is 0.252 e. The van der Waals surface area contributed by atoms with Crippen LogP contribution in [0, 0.1) is 0 Å². The summed E-state index contributed by atoms with van der Waals surface area (Å²) in [4.78, 5) is 12.2.